The Hall–Kier alpha value is -2.20. The van der Waals surface area contributed by atoms with Gasteiger partial charge in [-0.3, -0.25) is 14.5 Å². The smallest absolute Gasteiger partial charge is 0.308 e. The van der Waals surface area contributed by atoms with E-state index in [9.17, 15) is 14.7 Å². The summed E-state index contributed by atoms with van der Waals surface area (Å²) in [4.78, 5) is 30.6. The highest BCUT2D eigenvalue weighted by Crippen LogP contribution is 2.45. The lowest BCUT2D eigenvalue weighted by Crippen LogP contribution is -2.47. The van der Waals surface area contributed by atoms with Gasteiger partial charge < -0.3 is 30.0 Å². The lowest BCUT2D eigenvalue weighted by Gasteiger charge is -2.37. The Labute approximate surface area is 232 Å². The van der Waals surface area contributed by atoms with Gasteiger partial charge in [0.05, 0.1) is 32.3 Å². The zero-order valence-electron chi connectivity index (χ0n) is 23.9. The van der Waals surface area contributed by atoms with Crippen molar-refractivity contribution in [1.29, 1.82) is 0 Å². The van der Waals surface area contributed by atoms with E-state index in [1.165, 1.54) is 0 Å². The van der Waals surface area contributed by atoms with Gasteiger partial charge in [0.25, 0.3) is 0 Å². The second-order valence-electron chi connectivity index (χ2n) is 11.9. The quantitative estimate of drug-likeness (QED) is 0.343. The van der Waals surface area contributed by atoms with Gasteiger partial charge in [-0.15, -0.1) is 0 Å². The summed E-state index contributed by atoms with van der Waals surface area (Å²) in [5.74, 6) is -0.767. The normalized spacial score (nSPS) is 23.6. The number of likely N-dealkylation sites (tertiary alicyclic amines) is 1. The van der Waals surface area contributed by atoms with Crippen molar-refractivity contribution >= 4 is 11.9 Å². The Balaban J connectivity index is 1.61. The Morgan fingerprint density at radius 3 is 2.56 bits per heavy atom. The molecule has 218 valence electrons. The first-order chi connectivity index (χ1) is 18.7. The molecule has 3 N–H and O–H groups in total. The summed E-state index contributed by atoms with van der Waals surface area (Å²) in [6.45, 7) is 10.7. The van der Waals surface area contributed by atoms with Gasteiger partial charge in [-0.05, 0) is 49.4 Å². The number of rotatable bonds is 14. The topological polar surface area (TPSA) is 115 Å². The maximum Gasteiger partial charge on any atom is 0.308 e. The molecular formula is C30H47N3O6. The largest absolute Gasteiger partial charge is 0.493 e. The Morgan fingerprint density at radius 2 is 1.87 bits per heavy atom. The molecule has 4 rings (SSSR count). The molecular weight excluding hydrogens is 498 g/mol. The van der Waals surface area contributed by atoms with E-state index < -0.39 is 23.6 Å². The summed E-state index contributed by atoms with van der Waals surface area (Å²) in [6.07, 6.45) is 4.69. The molecule has 0 aromatic heterocycles. The highest BCUT2D eigenvalue weighted by atomic mass is 16.7. The second-order valence-corrected chi connectivity index (χ2v) is 11.9. The van der Waals surface area contributed by atoms with Gasteiger partial charge in [0.1, 0.15) is 5.75 Å². The average Bonchev–Trinajstić information content (AvgIpc) is 3.66. The zero-order valence-corrected chi connectivity index (χ0v) is 23.9. The van der Waals surface area contributed by atoms with Crippen molar-refractivity contribution in [1.82, 2.24) is 9.80 Å². The zero-order chi connectivity index (χ0) is 28.0. The minimum atomic E-state index is -0.827. The van der Waals surface area contributed by atoms with Crippen LogP contribution in [0.15, 0.2) is 18.2 Å². The molecule has 0 spiro atoms. The average molecular weight is 546 g/mol. The molecule has 39 heavy (non-hydrogen) atoms. The van der Waals surface area contributed by atoms with Gasteiger partial charge in [-0.2, -0.15) is 0 Å². The number of nitrogens with zero attached hydrogens (tertiary/aromatic N) is 2. The first kappa shape index (κ1) is 29.8. The number of nitrogens with two attached hydrogens (primary N) is 1. The molecule has 1 unspecified atom stereocenters. The number of aliphatic carboxylic acids is 1. The molecule has 0 aliphatic carbocycles. The fraction of sp³-hybridized carbons (Fsp3) is 0.733. The number of carbonyl (C=O) groups excluding carboxylic acids is 1. The summed E-state index contributed by atoms with van der Waals surface area (Å²) < 4.78 is 17.4. The van der Waals surface area contributed by atoms with Crippen molar-refractivity contribution < 1.29 is 28.9 Å². The highest BCUT2D eigenvalue weighted by Gasteiger charge is 2.50. The molecule has 9 heteroatoms. The number of hydrogen-bond donors (Lipinski definition) is 2. The minimum absolute atomic E-state index is 0.0591. The van der Waals surface area contributed by atoms with Crippen LogP contribution in [-0.4, -0.2) is 91.7 Å². The van der Waals surface area contributed by atoms with Crippen molar-refractivity contribution in [2.45, 2.75) is 77.5 Å². The third-order valence-electron chi connectivity index (χ3n) is 8.52. The Morgan fingerprint density at radius 1 is 1.13 bits per heavy atom. The van der Waals surface area contributed by atoms with Gasteiger partial charge in [0.15, 0.2) is 6.29 Å². The SMILES string of the molecule is CCCCN(CCCCN)C(=O)CN1C[C@H](c2ccc3c(c2)CCO3)C(C(=O)O)[C@@H]1CC(C)(C)C1OCCO1. The van der Waals surface area contributed by atoms with E-state index in [0.717, 1.165) is 49.0 Å². The van der Waals surface area contributed by atoms with E-state index in [4.69, 9.17) is 19.9 Å². The molecule has 9 nitrogen and oxygen atoms in total. The molecule has 1 amide bonds. The number of amides is 1. The fourth-order valence-electron chi connectivity index (χ4n) is 6.40. The molecule has 2 saturated heterocycles. The van der Waals surface area contributed by atoms with E-state index in [-0.39, 0.29) is 24.4 Å². The lowest BCUT2D eigenvalue weighted by atomic mass is 9.77. The van der Waals surface area contributed by atoms with Crippen molar-refractivity contribution in [2.24, 2.45) is 17.1 Å². The van der Waals surface area contributed by atoms with E-state index in [0.29, 0.717) is 52.4 Å². The number of carboxylic acid groups (broad SMARTS) is 1. The van der Waals surface area contributed by atoms with Gasteiger partial charge in [-0.1, -0.05) is 39.3 Å². The van der Waals surface area contributed by atoms with Crippen LogP contribution in [0.1, 0.15) is 69.9 Å². The van der Waals surface area contributed by atoms with Crippen LogP contribution in [0.4, 0.5) is 0 Å². The molecule has 3 aliphatic heterocycles. The third kappa shape index (κ3) is 7.12. The van der Waals surface area contributed by atoms with Gasteiger partial charge in [0, 0.05) is 43.4 Å². The van der Waals surface area contributed by atoms with Crippen molar-refractivity contribution in [2.75, 3.05) is 52.5 Å². The first-order valence-electron chi connectivity index (χ1n) is 14.7. The molecule has 3 aliphatic rings. The highest BCUT2D eigenvalue weighted by molar-refractivity contribution is 5.79. The molecule has 0 radical (unpaired) electrons. The molecule has 3 atom stereocenters. The van der Waals surface area contributed by atoms with Crippen LogP contribution in [0.2, 0.25) is 0 Å². The predicted molar refractivity (Wildman–Crippen MR) is 149 cm³/mol. The summed E-state index contributed by atoms with van der Waals surface area (Å²) in [7, 11) is 0. The second kappa shape index (κ2) is 13.4. The van der Waals surface area contributed by atoms with Crippen molar-refractivity contribution in [3.8, 4) is 5.75 Å². The van der Waals surface area contributed by atoms with E-state index in [1.807, 2.05) is 17.0 Å². The number of hydrogen-bond acceptors (Lipinski definition) is 7. The lowest BCUT2D eigenvalue weighted by molar-refractivity contribution is -0.148. The molecule has 1 aromatic carbocycles. The molecule has 0 saturated carbocycles. The number of fused-ring (bicyclic) bond motifs is 1. The summed E-state index contributed by atoms with van der Waals surface area (Å²) >= 11 is 0. The number of benzene rings is 1. The number of unbranched alkanes of at least 4 members (excludes halogenated alkanes) is 2. The molecule has 0 bridgehead atoms. The van der Waals surface area contributed by atoms with E-state index >= 15 is 0 Å². The van der Waals surface area contributed by atoms with E-state index in [2.05, 4.69) is 31.7 Å². The number of carbonyl (C=O) groups is 2. The predicted octanol–water partition coefficient (Wildman–Crippen LogP) is 3.25. The third-order valence-corrected chi connectivity index (χ3v) is 8.52. The summed E-state index contributed by atoms with van der Waals surface area (Å²) in [6, 6.07) is 5.75. The van der Waals surface area contributed by atoms with Crippen LogP contribution in [0, 0.1) is 11.3 Å². The molecule has 1 aromatic rings. The minimum Gasteiger partial charge on any atom is -0.493 e. The first-order valence-corrected chi connectivity index (χ1v) is 14.7. The van der Waals surface area contributed by atoms with E-state index in [1.54, 1.807) is 0 Å². The van der Waals surface area contributed by atoms with Crippen molar-refractivity contribution in [3.05, 3.63) is 29.3 Å². The fourth-order valence-corrected chi connectivity index (χ4v) is 6.40. The van der Waals surface area contributed by atoms with Crippen LogP contribution in [-0.2, 0) is 25.5 Å². The van der Waals surface area contributed by atoms with Crippen LogP contribution < -0.4 is 10.5 Å². The Kier molecular flexibility index (Phi) is 10.3. The van der Waals surface area contributed by atoms with Crippen LogP contribution >= 0.6 is 0 Å². The number of carboxylic acids is 1. The summed E-state index contributed by atoms with van der Waals surface area (Å²) in [5.41, 5.74) is 7.42. The Bertz CT molecular complexity index is 979. The molecule has 2 fully saturated rings. The van der Waals surface area contributed by atoms with Crippen LogP contribution in [0.25, 0.3) is 0 Å². The standard InChI is InChI=1S/C30H47N3O6/c1-4-5-12-32(13-7-6-11-31)26(34)20-33-19-23(21-8-9-25-22(17-21)10-14-37-25)27(28(35)36)24(33)18-30(2,3)29-38-15-16-39-29/h8-9,17,23-24,27,29H,4-7,10-16,18-20,31H2,1-3H3,(H,35,36)/t23-,24+,27?/m1/s1. The van der Waals surface area contributed by atoms with Gasteiger partial charge in [-0.25, -0.2) is 0 Å². The van der Waals surface area contributed by atoms with Crippen LogP contribution in [0.3, 0.4) is 0 Å². The van der Waals surface area contributed by atoms with Crippen LogP contribution in [0.5, 0.6) is 5.75 Å². The van der Waals surface area contributed by atoms with Crippen molar-refractivity contribution in [3.63, 3.8) is 0 Å². The van der Waals surface area contributed by atoms with Gasteiger partial charge >= 0.3 is 5.97 Å². The maximum absolute atomic E-state index is 13.7. The molecule has 3 heterocycles. The monoisotopic (exact) mass is 545 g/mol. The summed E-state index contributed by atoms with van der Waals surface area (Å²) in [5, 5.41) is 10.6. The maximum atomic E-state index is 13.7. The van der Waals surface area contributed by atoms with Gasteiger partial charge in [0.2, 0.25) is 5.91 Å². The number of ether oxygens (including phenoxy) is 3.